The maximum atomic E-state index is 12.5. The third-order valence-electron chi connectivity index (χ3n) is 4.29. The number of nitrogens with zero attached hydrogens (tertiary/aromatic N) is 3. The summed E-state index contributed by atoms with van der Waals surface area (Å²) in [5.41, 5.74) is 0. The molecule has 0 bridgehead atoms. The summed E-state index contributed by atoms with van der Waals surface area (Å²) in [5.74, 6) is -0.405. The Morgan fingerprint density at radius 2 is 1.93 bits per heavy atom. The Kier molecular flexibility index (Phi) is 6.28. The molecule has 1 atom stereocenters. The molecule has 1 unspecified atom stereocenters. The summed E-state index contributed by atoms with van der Waals surface area (Å²) in [6.45, 7) is 0.974. The van der Waals surface area contributed by atoms with E-state index in [-0.39, 0.29) is 35.1 Å². The molecule has 1 aliphatic rings. The van der Waals surface area contributed by atoms with E-state index in [0.29, 0.717) is 18.1 Å². The number of rotatable bonds is 6. The van der Waals surface area contributed by atoms with Gasteiger partial charge in [0.15, 0.2) is 9.84 Å². The Bertz CT molecular complexity index is 875. The summed E-state index contributed by atoms with van der Waals surface area (Å²) in [5, 5.41) is 0.419. The van der Waals surface area contributed by atoms with Crippen molar-refractivity contribution in [3.8, 4) is 6.01 Å². The minimum atomic E-state index is -3.47. The number of carbonyl (C=O) groups is 1. The molecule has 1 amide bonds. The fourth-order valence-corrected chi connectivity index (χ4v) is 4.25. The van der Waals surface area contributed by atoms with Crippen LogP contribution < -0.4 is 4.74 Å². The van der Waals surface area contributed by atoms with E-state index in [9.17, 15) is 13.2 Å². The van der Waals surface area contributed by atoms with E-state index in [4.69, 9.17) is 16.3 Å². The van der Waals surface area contributed by atoms with Gasteiger partial charge in [-0.1, -0.05) is 29.8 Å². The number of hydrogen-bond acceptors (Lipinski definition) is 6. The summed E-state index contributed by atoms with van der Waals surface area (Å²) >= 11 is 5.75. The van der Waals surface area contributed by atoms with Gasteiger partial charge in [-0.15, -0.1) is 0 Å². The van der Waals surface area contributed by atoms with E-state index in [0.717, 1.165) is 12.8 Å². The molecule has 1 aliphatic heterocycles. The van der Waals surface area contributed by atoms with E-state index in [1.54, 1.807) is 23.1 Å². The molecule has 1 fully saturated rings. The van der Waals surface area contributed by atoms with E-state index < -0.39 is 9.84 Å². The predicted octanol–water partition coefficient (Wildman–Crippen LogP) is 2.36. The van der Waals surface area contributed by atoms with Gasteiger partial charge >= 0.3 is 6.01 Å². The van der Waals surface area contributed by atoms with Gasteiger partial charge in [0.05, 0.1) is 34.6 Å². The molecule has 1 aromatic carbocycles. The average Bonchev–Trinajstić information content (AvgIpc) is 2.69. The smallest absolute Gasteiger partial charge is 0.316 e. The number of aromatic nitrogens is 2. The second-order valence-electron chi connectivity index (χ2n) is 6.29. The Hall–Kier alpha value is -2.19. The number of piperidine rings is 1. The summed E-state index contributed by atoms with van der Waals surface area (Å²) < 4.78 is 30.4. The topological polar surface area (TPSA) is 89.5 Å². The normalized spacial score (nSPS) is 17.5. The molecule has 1 aromatic heterocycles. The average molecular weight is 410 g/mol. The molecule has 2 heterocycles. The van der Waals surface area contributed by atoms with Crippen LogP contribution in [-0.2, 0) is 14.6 Å². The van der Waals surface area contributed by atoms with Gasteiger partial charge in [-0.25, -0.2) is 18.4 Å². The summed E-state index contributed by atoms with van der Waals surface area (Å²) in [4.78, 5) is 22.3. The SMILES string of the molecule is O=C(CCS(=O)(=O)c1ccccc1)N1CCCC(Oc2ncc(Cl)cn2)C1. The fraction of sp³-hybridized carbons (Fsp3) is 0.389. The molecule has 3 rings (SSSR count). The second-order valence-corrected chi connectivity index (χ2v) is 8.83. The molecule has 144 valence electrons. The van der Waals surface area contributed by atoms with E-state index in [1.807, 2.05) is 0 Å². The van der Waals surface area contributed by atoms with Crippen LogP contribution in [0.25, 0.3) is 0 Å². The standard InChI is InChI=1S/C18H20ClN3O4S/c19-14-11-20-18(21-12-14)26-15-5-4-9-22(13-15)17(23)8-10-27(24,25)16-6-2-1-3-7-16/h1-3,6-7,11-12,15H,4-5,8-10,13H2. The monoisotopic (exact) mass is 409 g/mol. The van der Waals surface area contributed by atoms with Crippen molar-refractivity contribution < 1.29 is 17.9 Å². The van der Waals surface area contributed by atoms with Gasteiger partial charge in [0, 0.05) is 13.0 Å². The minimum absolute atomic E-state index is 0.0542. The van der Waals surface area contributed by atoms with Gasteiger partial charge in [-0.05, 0) is 25.0 Å². The highest BCUT2D eigenvalue weighted by Gasteiger charge is 2.26. The molecule has 0 aliphatic carbocycles. The zero-order chi connectivity index (χ0) is 19.3. The van der Waals surface area contributed by atoms with Crippen molar-refractivity contribution in [1.29, 1.82) is 0 Å². The van der Waals surface area contributed by atoms with Gasteiger partial charge in [-0.2, -0.15) is 0 Å². The first-order valence-corrected chi connectivity index (χ1v) is 10.7. The highest BCUT2D eigenvalue weighted by Crippen LogP contribution is 2.18. The van der Waals surface area contributed by atoms with Crippen molar-refractivity contribution in [3.05, 3.63) is 47.7 Å². The van der Waals surface area contributed by atoms with E-state index in [1.165, 1.54) is 24.5 Å². The van der Waals surface area contributed by atoms with Crippen molar-refractivity contribution in [2.75, 3.05) is 18.8 Å². The van der Waals surface area contributed by atoms with Gasteiger partial charge in [-0.3, -0.25) is 4.79 Å². The number of halogens is 1. The molecule has 7 nitrogen and oxygen atoms in total. The lowest BCUT2D eigenvalue weighted by atomic mass is 10.1. The molecule has 0 saturated carbocycles. The number of hydrogen-bond donors (Lipinski definition) is 0. The summed E-state index contributed by atoms with van der Waals surface area (Å²) in [6.07, 6.45) is 4.16. The van der Waals surface area contributed by atoms with Crippen LogP contribution in [-0.4, -0.2) is 54.1 Å². The Labute approximate surface area is 163 Å². The third kappa shape index (κ3) is 5.40. The van der Waals surface area contributed by atoms with Crippen molar-refractivity contribution >= 4 is 27.3 Å². The highest BCUT2D eigenvalue weighted by atomic mass is 35.5. The lowest BCUT2D eigenvalue weighted by Crippen LogP contribution is -2.44. The van der Waals surface area contributed by atoms with Crippen LogP contribution in [0.2, 0.25) is 5.02 Å². The van der Waals surface area contributed by atoms with Gasteiger partial charge in [0.2, 0.25) is 5.91 Å². The quantitative estimate of drug-likeness (QED) is 0.727. The molecular formula is C18H20ClN3O4S. The molecule has 27 heavy (non-hydrogen) atoms. The van der Waals surface area contributed by atoms with Crippen LogP contribution in [0, 0.1) is 0 Å². The third-order valence-corrected chi connectivity index (χ3v) is 6.21. The van der Waals surface area contributed by atoms with Crippen LogP contribution in [0.4, 0.5) is 0 Å². The lowest BCUT2D eigenvalue weighted by molar-refractivity contribution is -0.133. The van der Waals surface area contributed by atoms with Gasteiger partial charge < -0.3 is 9.64 Å². The lowest BCUT2D eigenvalue weighted by Gasteiger charge is -2.32. The predicted molar refractivity (Wildman–Crippen MR) is 100 cm³/mol. The van der Waals surface area contributed by atoms with Crippen LogP contribution in [0.1, 0.15) is 19.3 Å². The maximum Gasteiger partial charge on any atom is 0.316 e. The molecule has 0 N–H and O–H groups in total. The molecule has 0 radical (unpaired) electrons. The molecule has 9 heteroatoms. The first-order chi connectivity index (χ1) is 12.9. The first-order valence-electron chi connectivity index (χ1n) is 8.64. The summed E-state index contributed by atoms with van der Waals surface area (Å²) in [7, 11) is -3.47. The second kappa shape index (κ2) is 8.67. The van der Waals surface area contributed by atoms with Crippen LogP contribution in [0.15, 0.2) is 47.6 Å². The maximum absolute atomic E-state index is 12.5. The zero-order valence-corrected chi connectivity index (χ0v) is 16.2. The number of sulfone groups is 1. The molecular weight excluding hydrogens is 390 g/mol. The number of ether oxygens (including phenoxy) is 1. The number of carbonyl (C=O) groups excluding carboxylic acids is 1. The van der Waals surface area contributed by atoms with E-state index in [2.05, 4.69) is 9.97 Å². The number of likely N-dealkylation sites (tertiary alicyclic amines) is 1. The molecule has 1 saturated heterocycles. The number of amides is 1. The molecule has 2 aromatic rings. The minimum Gasteiger partial charge on any atom is -0.458 e. The Balaban J connectivity index is 1.54. The van der Waals surface area contributed by atoms with Crippen molar-refractivity contribution in [2.45, 2.75) is 30.3 Å². The van der Waals surface area contributed by atoms with Crippen LogP contribution >= 0.6 is 11.6 Å². The van der Waals surface area contributed by atoms with Gasteiger partial charge in [0.25, 0.3) is 0 Å². The number of benzene rings is 1. The van der Waals surface area contributed by atoms with Gasteiger partial charge in [0.1, 0.15) is 6.10 Å². The fourth-order valence-electron chi connectivity index (χ4n) is 2.90. The van der Waals surface area contributed by atoms with Crippen molar-refractivity contribution in [1.82, 2.24) is 14.9 Å². The highest BCUT2D eigenvalue weighted by molar-refractivity contribution is 7.91. The summed E-state index contributed by atoms with van der Waals surface area (Å²) in [6, 6.07) is 8.38. The van der Waals surface area contributed by atoms with Crippen LogP contribution in [0.3, 0.4) is 0 Å². The zero-order valence-electron chi connectivity index (χ0n) is 14.6. The van der Waals surface area contributed by atoms with E-state index >= 15 is 0 Å². The van der Waals surface area contributed by atoms with Crippen LogP contribution in [0.5, 0.6) is 6.01 Å². The molecule has 0 spiro atoms. The Morgan fingerprint density at radius 3 is 2.63 bits per heavy atom. The Morgan fingerprint density at radius 1 is 1.22 bits per heavy atom. The first kappa shape index (κ1) is 19.6. The largest absolute Gasteiger partial charge is 0.458 e. The van der Waals surface area contributed by atoms with Crippen molar-refractivity contribution in [2.24, 2.45) is 0 Å². The van der Waals surface area contributed by atoms with Crippen molar-refractivity contribution in [3.63, 3.8) is 0 Å².